The number of nitro benzene ring substituents is 1. The van der Waals surface area contributed by atoms with Crippen LogP contribution in [0.25, 0.3) is 16.6 Å². The maximum atomic E-state index is 11.0. The van der Waals surface area contributed by atoms with Crippen LogP contribution < -0.4 is 4.74 Å². The molecule has 2 aromatic carbocycles. The molecule has 0 spiro atoms. The third-order valence-corrected chi connectivity index (χ3v) is 10.4. The first kappa shape index (κ1) is 21.0. The quantitative estimate of drug-likeness (QED) is 0.264. The number of non-ortho nitro benzene ring substituents is 1. The lowest BCUT2D eigenvalue weighted by molar-refractivity contribution is -0.384. The molecular weight excluding hydrogens is 386 g/mol. The van der Waals surface area contributed by atoms with Crippen LogP contribution in [0.15, 0.2) is 42.5 Å². The lowest BCUT2D eigenvalue weighted by atomic mass is 10.2. The Morgan fingerprint density at radius 2 is 1.72 bits per heavy atom. The number of ether oxygens (including phenoxy) is 1. The van der Waals surface area contributed by atoms with Gasteiger partial charge in [0.25, 0.3) is 5.69 Å². The molecule has 1 heterocycles. The van der Waals surface area contributed by atoms with Gasteiger partial charge in [-0.1, -0.05) is 20.8 Å². The van der Waals surface area contributed by atoms with Crippen molar-refractivity contribution in [3.05, 3.63) is 58.3 Å². The number of fused-ring (bicyclic) bond motifs is 1. The highest BCUT2D eigenvalue weighted by Crippen LogP contribution is 2.30. The molecule has 0 N–H and O–H groups in total. The van der Waals surface area contributed by atoms with Crippen LogP contribution in [0.1, 0.15) is 26.5 Å². The first-order valence-corrected chi connectivity index (χ1v) is 12.4. The van der Waals surface area contributed by atoms with Gasteiger partial charge in [0, 0.05) is 17.5 Å². The zero-order valence-electron chi connectivity index (χ0n) is 17.3. The van der Waals surface area contributed by atoms with Crippen LogP contribution >= 0.6 is 0 Å². The van der Waals surface area contributed by atoms with Gasteiger partial charge < -0.3 is 9.16 Å². The van der Waals surface area contributed by atoms with E-state index in [2.05, 4.69) is 20.8 Å². The molecule has 0 unspecified atom stereocenters. The van der Waals surface area contributed by atoms with Gasteiger partial charge >= 0.3 is 0 Å². The first-order valence-electron chi connectivity index (χ1n) is 9.91. The summed E-state index contributed by atoms with van der Waals surface area (Å²) in [4.78, 5) is 10.6. The third kappa shape index (κ3) is 4.18. The van der Waals surface area contributed by atoms with E-state index in [1.165, 1.54) is 12.1 Å². The van der Waals surface area contributed by atoms with Gasteiger partial charge in [0.1, 0.15) is 5.75 Å². The average molecular weight is 414 g/mol. The molecule has 0 radical (unpaired) electrons. The SMILES string of the molecule is CC[Si](CC)(CC)OCc1c2cc(OC)ccc2nn1-c1ccc([N+](=O)[O-])cc1. The summed E-state index contributed by atoms with van der Waals surface area (Å²) in [5.74, 6) is 0.756. The molecule has 0 fully saturated rings. The molecule has 0 atom stereocenters. The van der Waals surface area contributed by atoms with Gasteiger partial charge in [-0.05, 0) is 48.5 Å². The largest absolute Gasteiger partial charge is 0.497 e. The maximum absolute atomic E-state index is 11.0. The van der Waals surface area contributed by atoms with E-state index in [4.69, 9.17) is 14.3 Å². The summed E-state index contributed by atoms with van der Waals surface area (Å²) in [5.41, 5.74) is 2.58. The highest BCUT2D eigenvalue weighted by molar-refractivity contribution is 6.73. The summed E-state index contributed by atoms with van der Waals surface area (Å²) in [5, 5.41) is 16.7. The van der Waals surface area contributed by atoms with Crippen LogP contribution in [-0.2, 0) is 11.0 Å². The molecule has 7 nitrogen and oxygen atoms in total. The van der Waals surface area contributed by atoms with Crippen molar-refractivity contribution in [2.24, 2.45) is 0 Å². The number of benzene rings is 2. The summed E-state index contributed by atoms with van der Waals surface area (Å²) < 4.78 is 13.8. The van der Waals surface area contributed by atoms with E-state index in [0.29, 0.717) is 6.61 Å². The fourth-order valence-corrected chi connectivity index (χ4v) is 6.14. The number of methoxy groups -OCH3 is 1. The van der Waals surface area contributed by atoms with Crippen LogP contribution in [0.3, 0.4) is 0 Å². The van der Waals surface area contributed by atoms with Gasteiger partial charge in [0.15, 0.2) is 8.32 Å². The van der Waals surface area contributed by atoms with Gasteiger partial charge in [0.05, 0.1) is 35.5 Å². The van der Waals surface area contributed by atoms with E-state index in [0.717, 1.165) is 46.2 Å². The van der Waals surface area contributed by atoms with Gasteiger partial charge in [-0.25, -0.2) is 4.68 Å². The molecule has 29 heavy (non-hydrogen) atoms. The van der Waals surface area contributed by atoms with Gasteiger partial charge in [-0.3, -0.25) is 10.1 Å². The molecule has 0 amide bonds. The Kier molecular flexibility index (Phi) is 6.34. The summed E-state index contributed by atoms with van der Waals surface area (Å²) in [6.45, 7) is 7.05. The molecule has 0 saturated heterocycles. The van der Waals surface area contributed by atoms with E-state index in [-0.39, 0.29) is 5.69 Å². The third-order valence-electron chi connectivity index (χ3n) is 5.73. The number of rotatable bonds is 9. The summed E-state index contributed by atoms with van der Waals surface area (Å²) >= 11 is 0. The number of aromatic nitrogens is 2. The van der Waals surface area contributed by atoms with Crippen LogP contribution in [0.2, 0.25) is 18.1 Å². The predicted octanol–water partition coefficient (Wildman–Crippen LogP) is 5.46. The predicted molar refractivity (Wildman–Crippen MR) is 116 cm³/mol. The second kappa shape index (κ2) is 8.75. The van der Waals surface area contributed by atoms with E-state index in [9.17, 15) is 10.1 Å². The Morgan fingerprint density at radius 3 is 2.28 bits per heavy atom. The lowest BCUT2D eigenvalue weighted by Crippen LogP contribution is -2.35. The standard InChI is InChI=1S/C21H27N3O4Si/c1-5-29(6-2,7-3)28-15-21-19-14-18(27-4)12-13-20(19)22-23(21)16-8-10-17(11-9-16)24(25)26/h8-14H,5-7,15H2,1-4H3. The lowest BCUT2D eigenvalue weighted by Gasteiger charge is -2.28. The average Bonchev–Trinajstić information content (AvgIpc) is 3.13. The van der Waals surface area contributed by atoms with E-state index in [1.807, 2.05) is 22.9 Å². The van der Waals surface area contributed by atoms with Crippen molar-refractivity contribution in [2.45, 2.75) is 45.5 Å². The minimum atomic E-state index is -1.79. The van der Waals surface area contributed by atoms with Gasteiger partial charge in [0.2, 0.25) is 0 Å². The normalized spacial score (nSPS) is 11.7. The molecule has 0 saturated carbocycles. The Bertz CT molecular complexity index is 989. The molecule has 0 bridgehead atoms. The van der Waals surface area contributed by atoms with Crippen LogP contribution in [0, 0.1) is 10.1 Å². The molecule has 1 aromatic heterocycles. The molecule has 3 rings (SSSR count). The smallest absolute Gasteiger partial charge is 0.269 e. The van der Waals surface area contributed by atoms with Crippen molar-refractivity contribution in [3.8, 4) is 11.4 Å². The highest BCUT2D eigenvalue weighted by atomic mass is 28.4. The van der Waals surface area contributed by atoms with Gasteiger partial charge in [-0.2, -0.15) is 5.10 Å². The van der Waals surface area contributed by atoms with Crippen LogP contribution in [0.4, 0.5) is 5.69 Å². The number of nitrogens with zero attached hydrogens (tertiary/aromatic N) is 3. The molecule has 154 valence electrons. The summed E-state index contributed by atoms with van der Waals surface area (Å²) in [6.07, 6.45) is 0. The van der Waals surface area contributed by atoms with Crippen molar-refractivity contribution in [1.82, 2.24) is 9.78 Å². The van der Waals surface area contributed by atoms with Crippen LogP contribution in [0.5, 0.6) is 5.75 Å². The monoisotopic (exact) mass is 413 g/mol. The summed E-state index contributed by atoms with van der Waals surface area (Å²) in [6, 6.07) is 15.4. The zero-order chi connectivity index (χ0) is 21.0. The Morgan fingerprint density at radius 1 is 1.07 bits per heavy atom. The van der Waals surface area contributed by atoms with E-state index >= 15 is 0 Å². The maximum Gasteiger partial charge on any atom is 0.269 e. The Hall–Kier alpha value is -2.71. The molecular formula is C21H27N3O4Si. The van der Waals surface area contributed by atoms with Crippen LogP contribution in [-0.4, -0.2) is 30.1 Å². The fraction of sp³-hybridized carbons (Fsp3) is 0.381. The van der Waals surface area contributed by atoms with Crippen molar-refractivity contribution in [2.75, 3.05) is 7.11 Å². The second-order valence-electron chi connectivity index (χ2n) is 7.05. The molecule has 8 heteroatoms. The van der Waals surface area contributed by atoms with Crippen molar-refractivity contribution >= 4 is 24.9 Å². The molecule has 0 aliphatic heterocycles. The highest BCUT2D eigenvalue weighted by Gasteiger charge is 2.29. The Balaban J connectivity index is 2.08. The topological polar surface area (TPSA) is 79.4 Å². The second-order valence-corrected chi connectivity index (χ2v) is 11.8. The number of hydrogen-bond donors (Lipinski definition) is 0. The minimum Gasteiger partial charge on any atom is -0.497 e. The van der Waals surface area contributed by atoms with Gasteiger partial charge in [-0.15, -0.1) is 0 Å². The Labute approximate surface area is 171 Å². The van der Waals surface area contributed by atoms with E-state index in [1.54, 1.807) is 19.2 Å². The molecule has 0 aliphatic rings. The van der Waals surface area contributed by atoms with E-state index < -0.39 is 13.2 Å². The molecule has 3 aromatic rings. The number of hydrogen-bond acceptors (Lipinski definition) is 5. The fourth-order valence-electron chi connectivity index (χ4n) is 3.59. The molecule has 0 aliphatic carbocycles. The van der Waals surface area contributed by atoms with Crippen molar-refractivity contribution in [1.29, 1.82) is 0 Å². The first-order chi connectivity index (χ1) is 14.0. The summed E-state index contributed by atoms with van der Waals surface area (Å²) in [7, 11) is -0.152. The number of nitro groups is 1. The minimum absolute atomic E-state index is 0.0549. The zero-order valence-corrected chi connectivity index (χ0v) is 18.3. The van der Waals surface area contributed by atoms with Crippen molar-refractivity contribution in [3.63, 3.8) is 0 Å². The van der Waals surface area contributed by atoms with Crippen molar-refractivity contribution < 1.29 is 14.1 Å².